The number of fused-ring (bicyclic) bond motifs is 1. The molecule has 15 heteroatoms. The van der Waals surface area contributed by atoms with Crippen LogP contribution in [0.3, 0.4) is 0 Å². The van der Waals surface area contributed by atoms with Crippen molar-refractivity contribution >= 4 is 18.1 Å². The first-order chi connectivity index (χ1) is 20.7. The average Bonchev–Trinajstić information content (AvgIpc) is 3.67. The summed E-state index contributed by atoms with van der Waals surface area (Å²) in [4.78, 5) is 33.1. The van der Waals surface area contributed by atoms with Crippen LogP contribution in [-0.4, -0.2) is 86.4 Å². The van der Waals surface area contributed by atoms with Gasteiger partial charge in [-0.25, -0.2) is 15.0 Å². The highest BCUT2D eigenvalue weighted by molar-refractivity contribution is 5.96. The Balaban J connectivity index is 1.09. The van der Waals surface area contributed by atoms with E-state index in [-0.39, 0.29) is 35.9 Å². The first kappa shape index (κ1) is 28.9. The van der Waals surface area contributed by atoms with Gasteiger partial charge in [0.2, 0.25) is 5.82 Å². The number of nitrogens with zero attached hydrogens (tertiary/aromatic N) is 9. The lowest BCUT2D eigenvalue weighted by molar-refractivity contribution is -0.145. The predicted octanol–water partition coefficient (Wildman–Crippen LogP) is 2.25. The number of hydrogen-bond acceptors (Lipinski definition) is 10. The van der Waals surface area contributed by atoms with Crippen LogP contribution in [0.15, 0.2) is 40.7 Å². The second-order valence-corrected chi connectivity index (χ2v) is 11.3. The van der Waals surface area contributed by atoms with Crippen molar-refractivity contribution in [3.05, 3.63) is 53.5 Å². The number of nitrogens with one attached hydrogen (secondary N) is 2. The highest BCUT2D eigenvalue weighted by atomic mass is 19.4. The van der Waals surface area contributed by atoms with Crippen molar-refractivity contribution in [2.75, 3.05) is 32.7 Å². The van der Waals surface area contributed by atoms with Crippen molar-refractivity contribution in [3.63, 3.8) is 0 Å². The largest absolute Gasteiger partial charge is 0.451 e. The lowest BCUT2D eigenvalue weighted by atomic mass is 9.83. The van der Waals surface area contributed by atoms with E-state index in [4.69, 9.17) is 0 Å². The van der Waals surface area contributed by atoms with E-state index in [0.717, 1.165) is 11.4 Å². The fraction of sp³-hybridized carbons (Fsp3) is 0.536. The van der Waals surface area contributed by atoms with E-state index in [1.165, 1.54) is 6.07 Å². The average molecular weight is 596 g/mol. The van der Waals surface area contributed by atoms with Crippen molar-refractivity contribution in [1.29, 1.82) is 5.26 Å². The number of carbonyl (C=O) groups excluding carboxylic acids is 1. The van der Waals surface area contributed by atoms with Crippen LogP contribution in [-0.2, 0) is 18.3 Å². The van der Waals surface area contributed by atoms with Crippen LogP contribution >= 0.6 is 0 Å². The lowest BCUT2D eigenvalue weighted by Crippen LogP contribution is -2.66. The van der Waals surface area contributed by atoms with Crippen molar-refractivity contribution < 1.29 is 18.0 Å². The minimum Gasteiger partial charge on any atom is -0.350 e. The fourth-order valence-electron chi connectivity index (χ4n) is 6.23. The Morgan fingerprint density at radius 2 is 2.05 bits per heavy atom. The molecule has 2 unspecified atom stereocenters. The maximum Gasteiger partial charge on any atom is 0.451 e. The highest BCUT2D eigenvalue weighted by Gasteiger charge is 2.48. The molecule has 43 heavy (non-hydrogen) atoms. The third-order valence-corrected chi connectivity index (χ3v) is 8.52. The minimum absolute atomic E-state index is 0.0300. The number of aromatic nitrogens is 4. The summed E-state index contributed by atoms with van der Waals surface area (Å²) in [5, 5.41) is 20.4. The third-order valence-electron chi connectivity index (χ3n) is 8.52. The van der Waals surface area contributed by atoms with Crippen LogP contribution in [0.4, 0.5) is 13.2 Å². The van der Waals surface area contributed by atoms with Crippen LogP contribution in [0.2, 0.25) is 0 Å². The van der Waals surface area contributed by atoms with Crippen molar-refractivity contribution in [1.82, 2.24) is 40.2 Å². The van der Waals surface area contributed by atoms with E-state index in [0.29, 0.717) is 52.0 Å². The van der Waals surface area contributed by atoms with E-state index in [9.17, 15) is 23.2 Å². The quantitative estimate of drug-likeness (QED) is 0.474. The number of halogens is 3. The number of rotatable bonds is 8. The molecule has 2 aromatic heterocycles. The molecule has 2 atom stereocenters. The zero-order valence-corrected chi connectivity index (χ0v) is 23.6. The SMILES string of the molecule is CCNCc1cc(C(=O)N2CCC(N3CC(CC#N)(n4cc(C5N=CN=C6NC=CC65)cn4)C3)CC2)nc(C(F)(F)F)n1. The fourth-order valence-corrected chi connectivity index (χ4v) is 6.23. The van der Waals surface area contributed by atoms with E-state index in [1.807, 2.05) is 36.3 Å². The first-order valence-electron chi connectivity index (χ1n) is 14.3. The molecule has 2 fully saturated rings. The predicted molar refractivity (Wildman–Crippen MR) is 150 cm³/mol. The number of likely N-dealkylation sites (tertiary alicyclic amines) is 2. The van der Waals surface area contributed by atoms with Gasteiger partial charge in [0.05, 0.1) is 36.3 Å². The number of aliphatic imine (C=N–C) groups is 2. The highest BCUT2D eigenvalue weighted by Crippen LogP contribution is 2.38. The monoisotopic (exact) mass is 595 g/mol. The van der Waals surface area contributed by atoms with Gasteiger partial charge in [0.25, 0.3) is 5.91 Å². The van der Waals surface area contributed by atoms with Gasteiger partial charge in [-0.2, -0.15) is 23.5 Å². The maximum absolute atomic E-state index is 13.4. The van der Waals surface area contributed by atoms with Gasteiger partial charge in [-0.1, -0.05) is 13.0 Å². The number of hydrogen-bond donors (Lipinski definition) is 2. The van der Waals surface area contributed by atoms with Gasteiger partial charge < -0.3 is 15.5 Å². The van der Waals surface area contributed by atoms with Crippen molar-refractivity contribution in [2.24, 2.45) is 15.9 Å². The molecule has 0 aromatic carbocycles. The standard InChI is InChI=1S/C28H32F3N11O/c1-2-33-13-19-11-22(39-26(38-19)28(29,30)31)25(43)40-9-4-20(5-10-40)41-15-27(16-41,6-7-32)42-14-18(12-37-42)23-21-3-8-34-24(21)36-17-35-23/h3,8,11-12,14,17,20-21,23,33H,2,4-6,9-10,13,15-16H2,1H3,(H,34,35,36). The second-order valence-electron chi connectivity index (χ2n) is 11.3. The topological polar surface area (TPSA) is 140 Å². The van der Waals surface area contributed by atoms with Gasteiger partial charge in [0.1, 0.15) is 23.4 Å². The molecule has 2 saturated heterocycles. The summed E-state index contributed by atoms with van der Waals surface area (Å²) in [7, 11) is 0. The minimum atomic E-state index is -4.75. The number of carbonyl (C=O) groups is 1. The van der Waals surface area contributed by atoms with E-state index in [2.05, 4.69) is 46.7 Å². The normalized spacial score (nSPS) is 23.3. The molecule has 2 N–H and O–H groups in total. The van der Waals surface area contributed by atoms with Gasteiger partial charge in [-0.15, -0.1) is 0 Å². The van der Waals surface area contributed by atoms with Crippen LogP contribution in [0.5, 0.6) is 0 Å². The Morgan fingerprint density at radius 3 is 2.77 bits per heavy atom. The maximum atomic E-state index is 13.4. The van der Waals surface area contributed by atoms with Crippen LogP contribution in [0.25, 0.3) is 0 Å². The number of amides is 1. The molecule has 0 aliphatic carbocycles. The zero-order valence-electron chi connectivity index (χ0n) is 23.6. The zero-order chi connectivity index (χ0) is 30.2. The second kappa shape index (κ2) is 11.5. The molecular weight excluding hydrogens is 563 g/mol. The Bertz CT molecular complexity index is 1490. The van der Waals surface area contributed by atoms with E-state index < -0.39 is 23.4 Å². The summed E-state index contributed by atoms with van der Waals surface area (Å²) in [6, 6.07) is 3.71. The van der Waals surface area contributed by atoms with Gasteiger partial charge in [-0.05, 0) is 31.7 Å². The molecule has 0 spiro atoms. The molecule has 4 aliphatic heterocycles. The van der Waals surface area contributed by atoms with Crippen LogP contribution < -0.4 is 10.6 Å². The lowest BCUT2D eigenvalue weighted by Gasteiger charge is -2.53. The summed E-state index contributed by atoms with van der Waals surface area (Å²) >= 11 is 0. The molecule has 6 rings (SSSR count). The summed E-state index contributed by atoms with van der Waals surface area (Å²) in [6.45, 7) is 4.58. The number of piperidine rings is 1. The Kier molecular flexibility index (Phi) is 7.74. The molecule has 0 saturated carbocycles. The molecule has 1 amide bonds. The Hall–Kier alpha value is -4.16. The summed E-state index contributed by atoms with van der Waals surface area (Å²) in [5.41, 5.74) is 0.372. The van der Waals surface area contributed by atoms with Crippen molar-refractivity contribution in [2.45, 2.75) is 56.5 Å². The summed E-state index contributed by atoms with van der Waals surface area (Å²) in [6.07, 6.45) is 6.14. The molecule has 2 aromatic rings. The first-order valence-corrected chi connectivity index (χ1v) is 14.3. The third kappa shape index (κ3) is 5.64. The van der Waals surface area contributed by atoms with E-state index in [1.54, 1.807) is 11.2 Å². The van der Waals surface area contributed by atoms with Gasteiger partial charge in [-0.3, -0.25) is 19.4 Å². The Labute approximate surface area is 246 Å². The van der Waals surface area contributed by atoms with E-state index >= 15 is 0 Å². The molecule has 6 heterocycles. The summed E-state index contributed by atoms with van der Waals surface area (Å²) < 4.78 is 42.2. The molecule has 0 bridgehead atoms. The Morgan fingerprint density at radius 1 is 1.26 bits per heavy atom. The molecule has 0 radical (unpaired) electrons. The number of alkyl halides is 3. The van der Waals surface area contributed by atoms with Crippen molar-refractivity contribution in [3.8, 4) is 6.07 Å². The molecule has 4 aliphatic rings. The van der Waals surface area contributed by atoms with Gasteiger partial charge >= 0.3 is 6.18 Å². The van der Waals surface area contributed by atoms with Gasteiger partial charge in [0.15, 0.2) is 0 Å². The number of amidine groups is 1. The molecule has 226 valence electrons. The van der Waals surface area contributed by atoms with Crippen LogP contribution in [0.1, 0.15) is 59.8 Å². The van der Waals surface area contributed by atoms with Gasteiger partial charge in [0, 0.05) is 50.5 Å². The number of nitriles is 1. The molecule has 12 nitrogen and oxygen atoms in total. The molecular formula is C28H32F3N11O. The van der Waals surface area contributed by atoms with Crippen LogP contribution in [0, 0.1) is 17.2 Å². The summed E-state index contributed by atoms with van der Waals surface area (Å²) in [5.74, 6) is -0.949. The smallest absolute Gasteiger partial charge is 0.350 e.